The Morgan fingerprint density at radius 1 is 1.18 bits per heavy atom. The predicted octanol–water partition coefficient (Wildman–Crippen LogP) is 1.54. The molecule has 2 aromatic rings. The lowest BCUT2D eigenvalue weighted by Crippen LogP contribution is -2.28. The number of fused-ring (bicyclic) bond motifs is 1. The van der Waals surface area contributed by atoms with E-state index in [-0.39, 0.29) is 11.5 Å². The Labute approximate surface area is 98.5 Å². The lowest BCUT2D eigenvalue weighted by Gasteiger charge is -2.06. The number of carbonyl (C=O) groups is 2. The number of carbonyl (C=O) groups excluding carboxylic acids is 2. The molecule has 0 saturated carbocycles. The van der Waals surface area contributed by atoms with Crippen LogP contribution in [0.4, 0.5) is 0 Å². The normalized spacial score (nSPS) is 12.3. The zero-order valence-corrected chi connectivity index (χ0v) is 9.38. The molecule has 86 valence electrons. The minimum Gasteiger partial charge on any atom is -0.369 e. The van der Waals surface area contributed by atoms with Crippen molar-refractivity contribution in [1.29, 1.82) is 0 Å². The summed E-state index contributed by atoms with van der Waals surface area (Å²) < 4.78 is 0. The van der Waals surface area contributed by atoms with E-state index in [4.69, 9.17) is 5.73 Å². The van der Waals surface area contributed by atoms with Crippen molar-refractivity contribution in [2.75, 3.05) is 0 Å². The molecule has 0 saturated heterocycles. The molecule has 1 aromatic heterocycles. The molecule has 0 fully saturated rings. The van der Waals surface area contributed by atoms with Gasteiger partial charge >= 0.3 is 0 Å². The Hall–Kier alpha value is -2.23. The fourth-order valence-electron chi connectivity index (χ4n) is 1.55. The number of rotatable bonds is 3. The van der Waals surface area contributed by atoms with Crippen molar-refractivity contribution in [1.82, 2.24) is 4.98 Å². The second kappa shape index (κ2) is 4.33. The van der Waals surface area contributed by atoms with Gasteiger partial charge in [-0.25, -0.2) is 4.98 Å². The number of hydrogen-bond acceptors (Lipinski definition) is 3. The van der Waals surface area contributed by atoms with Gasteiger partial charge in [-0.05, 0) is 19.1 Å². The summed E-state index contributed by atoms with van der Waals surface area (Å²) in [4.78, 5) is 27.0. The Balaban J connectivity index is 2.43. The number of amides is 1. The van der Waals surface area contributed by atoms with E-state index < -0.39 is 11.8 Å². The Morgan fingerprint density at radius 3 is 2.59 bits per heavy atom. The maximum Gasteiger partial charge on any atom is 0.228 e. The van der Waals surface area contributed by atoms with Crippen molar-refractivity contribution < 1.29 is 9.59 Å². The Bertz CT molecular complexity index is 593. The number of para-hydroxylation sites is 1. The van der Waals surface area contributed by atoms with E-state index in [2.05, 4.69) is 4.98 Å². The van der Waals surface area contributed by atoms with Crippen LogP contribution in [-0.4, -0.2) is 16.7 Å². The summed E-state index contributed by atoms with van der Waals surface area (Å²) in [7, 11) is 0. The molecule has 4 heteroatoms. The minimum absolute atomic E-state index is 0.273. The zero-order valence-electron chi connectivity index (χ0n) is 9.38. The highest BCUT2D eigenvalue weighted by atomic mass is 16.2. The maximum atomic E-state index is 11.9. The quantitative estimate of drug-likeness (QED) is 0.639. The molecule has 1 unspecified atom stereocenters. The van der Waals surface area contributed by atoms with Crippen molar-refractivity contribution in [2.24, 2.45) is 11.7 Å². The largest absolute Gasteiger partial charge is 0.369 e. The molecule has 0 aliphatic rings. The third-order valence-corrected chi connectivity index (χ3v) is 2.67. The van der Waals surface area contributed by atoms with Gasteiger partial charge in [0, 0.05) is 5.39 Å². The third kappa shape index (κ3) is 2.15. The van der Waals surface area contributed by atoms with E-state index >= 15 is 0 Å². The molecule has 2 N–H and O–H groups in total. The van der Waals surface area contributed by atoms with Gasteiger partial charge in [0.05, 0.1) is 11.4 Å². The summed E-state index contributed by atoms with van der Waals surface area (Å²) in [5.74, 6) is -1.82. The highest BCUT2D eigenvalue weighted by Gasteiger charge is 2.21. The fourth-order valence-corrected chi connectivity index (χ4v) is 1.55. The van der Waals surface area contributed by atoms with Crippen molar-refractivity contribution in [3.63, 3.8) is 0 Å². The summed E-state index contributed by atoms with van der Waals surface area (Å²) in [6.07, 6.45) is 0. The molecule has 17 heavy (non-hydrogen) atoms. The highest BCUT2D eigenvalue weighted by molar-refractivity contribution is 6.09. The van der Waals surface area contributed by atoms with Crippen LogP contribution in [-0.2, 0) is 4.79 Å². The molecule has 1 aromatic carbocycles. The van der Waals surface area contributed by atoms with Gasteiger partial charge in [0.25, 0.3) is 0 Å². The molecule has 1 atom stereocenters. The number of hydrogen-bond donors (Lipinski definition) is 1. The fraction of sp³-hybridized carbons (Fsp3) is 0.154. The first kappa shape index (κ1) is 11.3. The Kier molecular flexibility index (Phi) is 2.87. The second-order valence-electron chi connectivity index (χ2n) is 3.88. The molecule has 0 aliphatic heterocycles. The summed E-state index contributed by atoms with van der Waals surface area (Å²) in [6.45, 7) is 1.49. The zero-order chi connectivity index (χ0) is 12.4. The second-order valence-corrected chi connectivity index (χ2v) is 3.88. The predicted molar refractivity (Wildman–Crippen MR) is 64.4 cm³/mol. The van der Waals surface area contributed by atoms with Gasteiger partial charge in [-0.3, -0.25) is 9.59 Å². The van der Waals surface area contributed by atoms with Gasteiger partial charge in [0.2, 0.25) is 5.91 Å². The van der Waals surface area contributed by atoms with Crippen molar-refractivity contribution in [2.45, 2.75) is 6.92 Å². The minimum atomic E-state index is -0.844. The lowest BCUT2D eigenvalue weighted by molar-refractivity contribution is -0.120. The van der Waals surface area contributed by atoms with Gasteiger partial charge in [-0.2, -0.15) is 0 Å². The lowest BCUT2D eigenvalue weighted by atomic mass is 10.0. The first-order chi connectivity index (χ1) is 8.09. The number of ketones is 1. The topological polar surface area (TPSA) is 73.1 Å². The molecular formula is C13H12N2O2. The van der Waals surface area contributed by atoms with Crippen LogP contribution in [0.25, 0.3) is 10.9 Å². The highest BCUT2D eigenvalue weighted by Crippen LogP contribution is 2.14. The summed E-state index contributed by atoms with van der Waals surface area (Å²) in [5.41, 5.74) is 6.10. The number of nitrogens with zero attached hydrogens (tertiary/aromatic N) is 1. The van der Waals surface area contributed by atoms with Gasteiger partial charge in [-0.1, -0.05) is 24.3 Å². The molecule has 4 nitrogen and oxygen atoms in total. The number of nitrogens with two attached hydrogens (primary N) is 1. The third-order valence-electron chi connectivity index (χ3n) is 2.67. The van der Waals surface area contributed by atoms with Crippen LogP contribution >= 0.6 is 0 Å². The molecule has 0 aliphatic carbocycles. The van der Waals surface area contributed by atoms with Crippen LogP contribution < -0.4 is 5.73 Å². The summed E-state index contributed by atoms with van der Waals surface area (Å²) in [6, 6.07) is 10.9. The van der Waals surface area contributed by atoms with E-state index in [1.165, 1.54) is 6.92 Å². The number of benzene rings is 1. The standard InChI is InChI=1S/C13H12N2O2/c1-8(13(14)17)12(16)11-7-6-9-4-2-3-5-10(9)15-11/h2-8H,1H3,(H2,14,17). The first-order valence-corrected chi connectivity index (χ1v) is 5.29. The van der Waals surface area contributed by atoms with Gasteiger partial charge in [0.1, 0.15) is 5.69 Å². The molecule has 2 rings (SSSR count). The van der Waals surface area contributed by atoms with E-state index in [9.17, 15) is 9.59 Å². The van der Waals surface area contributed by atoms with E-state index in [0.29, 0.717) is 0 Å². The number of Topliss-reactive ketones (excluding diaryl/α,β-unsaturated/α-hetero) is 1. The number of primary amides is 1. The van der Waals surface area contributed by atoms with Crippen molar-refractivity contribution in [3.05, 3.63) is 42.1 Å². The number of aromatic nitrogens is 1. The molecule has 1 heterocycles. The van der Waals surface area contributed by atoms with Crippen LogP contribution in [0.15, 0.2) is 36.4 Å². The average Bonchev–Trinajstić information content (AvgIpc) is 2.36. The van der Waals surface area contributed by atoms with E-state index in [0.717, 1.165) is 10.9 Å². The van der Waals surface area contributed by atoms with Crippen molar-refractivity contribution >= 4 is 22.6 Å². The summed E-state index contributed by atoms with van der Waals surface area (Å²) >= 11 is 0. The molecule has 1 amide bonds. The van der Waals surface area contributed by atoms with E-state index in [1.807, 2.05) is 30.3 Å². The number of pyridine rings is 1. The average molecular weight is 228 g/mol. The van der Waals surface area contributed by atoms with Gasteiger partial charge in [0.15, 0.2) is 5.78 Å². The first-order valence-electron chi connectivity index (χ1n) is 5.29. The molecule has 0 bridgehead atoms. The van der Waals surface area contributed by atoms with Crippen LogP contribution in [0, 0.1) is 5.92 Å². The molecule has 0 spiro atoms. The van der Waals surface area contributed by atoms with Crippen LogP contribution in [0.3, 0.4) is 0 Å². The summed E-state index contributed by atoms with van der Waals surface area (Å²) in [5, 5.41) is 0.954. The SMILES string of the molecule is CC(C(N)=O)C(=O)c1ccc2ccccc2n1. The van der Waals surface area contributed by atoms with Crippen LogP contribution in [0.2, 0.25) is 0 Å². The molecular weight excluding hydrogens is 216 g/mol. The van der Waals surface area contributed by atoms with Crippen molar-refractivity contribution in [3.8, 4) is 0 Å². The van der Waals surface area contributed by atoms with Crippen LogP contribution in [0.1, 0.15) is 17.4 Å². The maximum absolute atomic E-state index is 11.9. The van der Waals surface area contributed by atoms with Gasteiger partial charge < -0.3 is 5.73 Å². The van der Waals surface area contributed by atoms with E-state index in [1.54, 1.807) is 6.07 Å². The van der Waals surface area contributed by atoms with Gasteiger partial charge in [-0.15, -0.1) is 0 Å². The molecule has 0 radical (unpaired) electrons. The Morgan fingerprint density at radius 2 is 1.88 bits per heavy atom. The monoisotopic (exact) mass is 228 g/mol. The van der Waals surface area contributed by atoms with Crippen LogP contribution in [0.5, 0.6) is 0 Å². The smallest absolute Gasteiger partial charge is 0.228 e.